The van der Waals surface area contributed by atoms with Gasteiger partial charge in [0.05, 0.1) is 6.54 Å². The molecule has 0 aromatic heterocycles. The molecule has 0 amide bonds. The second-order valence-electron chi connectivity index (χ2n) is 2.77. The van der Waals surface area contributed by atoms with Gasteiger partial charge in [-0.2, -0.15) is 8.78 Å². The fourth-order valence-corrected chi connectivity index (χ4v) is 1.02. The van der Waals surface area contributed by atoms with Crippen molar-refractivity contribution in [1.82, 2.24) is 0 Å². The minimum Gasteiger partial charge on any atom is -0.435 e. The van der Waals surface area contributed by atoms with Crippen molar-refractivity contribution < 1.29 is 13.5 Å². The number of ether oxygens (including phenoxy) is 1. The van der Waals surface area contributed by atoms with Gasteiger partial charge in [-0.15, -0.1) is 0 Å². The first-order valence-electron chi connectivity index (χ1n) is 4.20. The van der Waals surface area contributed by atoms with Crippen LogP contribution in [0.15, 0.2) is 35.9 Å². The predicted octanol–water partition coefficient (Wildman–Crippen LogP) is 3.45. The van der Waals surface area contributed by atoms with Crippen LogP contribution in [-0.4, -0.2) is 13.2 Å². The van der Waals surface area contributed by atoms with E-state index in [0.29, 0.717) is 11.6 Å². The molecule has 1 aromatic carbocycles. The van der Waals surface area contributed by atoms with E-state index in [9.17, 15) is 8.78 Å². The molecule has 0 fully saturated rings. The molecule has 0 saturated heterocycles. The summed E-state index contributed by atoms with van der Waals surface area (Å²) in [4.78, 5) is 0. The minimum atomic E-state index is -2.80. The largest absolute Gasteiger partial charge is 0.435 e. The molecule has 82 valence electrons. The molecular formula is C10H10ClF2NO. The van der Waals surface area contributed by atoms with Gasteiger partial charge in [0.2, 0.25) is 0 Å². The van der Waals surface area contributed by atoms with Crippen LogP contribution in [0.5, 0.6) is 5.75 Å². The molecule has 2 nitrogen and oxygen atoms in total. The summed E-state index contributed by atoms with van der Waals surface area (Å²) >= 11 is 5.55. The van der Waals surface area contributed by atoms with Crippen molar-refractivity contribution in [3.05, 3.63) is 35.9 Å². The zero-order valence-corrected chi connectivity index (χ0v) is 8.60. The van der Waals surface area contributed by atoms with E-state index in [0.717, 1.165) is 5.69 Å². The summed E-state index contributed by atoms with van der Waals surface area (Å²) in [5.41, 5.74) is 0.762. The fraction of sp³-hybridized carbons (Fsp3) is 0.200. The summed E-state index contributed by atoms with van der Waals surface area (Å²) in [6.07, 6.45) is 0. The molecule has 1 N–H and O–H groups in total. The Morgan fingerprint density at radius 2 is 2.00 bits per heavy atom. The van der Waals surface area contributed by atoms with E-state index in [1.165, 1.54) is 12.1 Å². The van der Waals surface area contributed by atoms with Crippen LogP contribution in [0.1, 0.15) is 0 Å². The Morgan fingerprint density at radius 3 is 2.47 bits per heavy atom. The summed E-state index contributed by atoms with van der Waals surface area (Å²) in [7, 11) is 0. The number of rotatable bonds is 5. The zero-order valence-electron chi connectivity index (χ0n) is 7.84. The third kappa shape index (κ3) is 4.65. The minimum absolute atomic E-state index is 0.125. The first-order chi connectivity index (χ1) is 7.08. The van der Waals surface area contributed by atoms with E-state index < -0.39 is 6.61 Å². The van der Waals surface area contributed by atoms with Gasteiger partial charge >= 0.3 is 6.61 Å². The summed E-state index contributed by atoms with van der Waals surface area (Å²) in [6.45, 7) is 1.13. The van der Waals surface area contributed by atoms with E-state index in [4.69, 9.17) is 11.6 Å². The number of nitrogens with one attached hydrogen (secondary N) is 1. The van der Waals surface area contributed by atoms with Crippen LogP contribution in [0, 0.1) is 0 Å². The number of hydrogen-bond acceptors (Lipinski definition) is 2. The SMILES string of the molecule is C=C(Cl)CNc1ccc(OC(F)F)cc1. The van der Waals surface area contributed by atoms with Crippen LogP contribution in [0.25, 0.3) is 0 Å². The van der Waals surface area contributed by atoms with Crippen molar-refractivity contribution in [2.75, 3.05) is 11.9 Å². The standard InChI is InChI=1S/C10H10ClF2NO/c1-7(11)6-14-8-2-4-9(5-3-8)15-10(12)13/h2-5,10,14H,1,6H2. The van der Waals surface area contributed by atoms with Gasteiger partial charge in [-0.1, -0.05) is 18.2 Å². The van der Waals surface area contributed by atoms with Crippen molar-refractivity contribution in [2.45, 2.75) is 6.61 Å². The lowest BCUT2D eigenvalue weighted by Crippen LogP contribution is -2.03. The van der Waals surface area contributed by atoms with E-state index >= 15 is 0 Å². The van der Waals surface area contributed by atoms with Gasteiger partial charge in [0.1, 0.15) is 5.75 Å². The summed E-state index contributed by atoms with van der Waals surface area (Å²) in [6, 6.07) is 6.14. The van der Waals surface area contributed by atoms with Crippen LogP contribution in [-0.2, 0) is 0 Å². The van der Waals surface area contributed by atoms with Crippen LogP contribution in [0.4, 0.5) is 14.5 Å². The highest BCUT2D eigenvalue weighted by atomic mass is 35.5. The smallest absolute Gasteiger partial charge is 0.387 e. The van der Waals surface area contributed by atoms with Crippen molar-refractivity contribution in [3.8, 4) is 5.75 Å². The Bertz CT molecular complexity index is 327. The highest BCUT2D eigenvalue weighted by Gasteiger charge is 2.03. The Hall–Kier alpha value is -1.29. The average molecular weight is 234 g/mol. The first kappa shape index (κ1) is 11.8. The molecule has 15 heavy (non-hydrogen) atoms. The molecule has 0 spiro atoms. The normalized spacial score (nSPS) is 10.1. The highest BCUT2D eigenvalue weighted by Crippen LogP contribution is 2.17. The molecule has 0 aliphatic carbocycles. The molecule has 0 aliphatic heterocycles. The van der Waals surface area contributed by atoms with Gasteiger partial charge < -0.3 is 10.1 Å². The third-order valence-electron chi connectivity index (χ3n) is 1.56. The second-order valence-corrected chi connectivity index (χ2v) is 3.31. The molecule has 1 aromatic rings. The molecule has 0 saturated carbocycles. The van der Waals surface area contributed by atoms with E-state index in [-0.39, 0.29) is 5.75 Å². The monoisotopic (exact) mass is 233 g/mol. The van der Waals surface area contributed by atoms with Gasteiger partial charge in [0.15, 0.2) is 0 Å². The lowest BCUT2D eigenvalue weighted by molar-refractivity contribution is -0.0498. The fourth-order valence-electron chi connectivity index (χ4n) is 0.952. The van der Waals surface area contributed by atoms with Crippen molar-refractivity contribution in [2.24, 2.45) is 0 Å². The Labute approximate surface area is 91.5 Å². The van der Waals surface area contributed by atoms with E-state index in [1.54, 1.807) is 12.1 Å². The van der Waals surface area contributed by atoms with Crippen LogP contribution < -0.4 is 10.1 Å². The quantitative estimate of drug-likeness (QED) is 0.841. The number of anilines is 1. The molecule has 0 heterocycles. The van der Waals surface area contributed by atoms with E-state index in [1.807, 2.05) is 0 Å². The number of alkyl halides is 2. The Kier molecular flexibility index (Phi) is 4.37. The first-order valence-corrected chi connectivity index (χ1v) is 4.58. The van der Waals surface area contributed by atoms with Gasteiger partial charge in [0.25, 0.3) is 0 Å². The third-order valence-corrected chi connectivity index (χ3v) is 1.70. The van der Waals surface area contributed by atoms with Crippen LogP contribution in [0.3, 0.4) is 0 Å². The molecule has 0 bridgehead atoms. The number of hydrogen-bond donors (Lipinski definition) is 1. The molecule has 1 rings (SSSR count). The summed E-state index contributed by atoms with van der Waals surface area (Å²) in [5, 5.41) is 3.42. The molecule has 0 aliphatic rings. The van der Waals surface area contributed by atoms with Gasteiger partial charge in [-0.05, 0) is 24.3 Å². The Balaban J connectivity index is 2.52. The van der Waals surface area contributed by atoms with Crippen molar-refractivity contribution in [1.29, 1.82) is 0 Å². The van der Waals surface area contributed by atoms with Gasteiger partial charge in [-0.3, -0.25) is 0 Å². The van der Waals surface area contributed by atoms with Crippen molar-refractivity contribution >= 4 is 17.3 Å². The average Bonchev–Trinajstić information content (AvgIpc) is 2.16. The van der Waals surface area contributed by atoms with Gasteiger partial charge in [0, 0.05) is 10.7 Å². The number of benzene rings is 1. The highest BCUT2D eigenvalue weighted by molar-refractivity contribution is 6.29. The molecule has 0 radical (unpaired) electrons. The maximum atomic E-state index is 11.8. The summed E-state index contributed by atoms with van der Waals surface area (Å²) in [5.74, 6) is 0.125. The molecular weight excluding hydrogens is 224 g/mol. The predicted molar refractivity (Wildman–Crippen MR) is 56.6 cm³/mol. The van der Waals surface area contributed by atoms with Gasteiger partial charge in [-0.25, -0.2) is 0 Å². The Morgan fingerprint density at radius 1 is 1.40 bits per heavy atom. The number of halogens is 3. The summed E-state index contributed by atoms with van der Waals surface area (Å²) < 4.78 is 27.8. The molecule has 0 atom stereocenters. The zero-order chi connectivity index (χ0) is 11.3. The molecule has 5 heteroatoms. The molecule has 0 unspecified atom stereocenters. The van der Waals surface area contributed by atoms with E-state index in [2.05, 4.69) is 16.6 Å². The van der Waals surface area contributed by atoms with Crippen molar-refractivity contribution in [3.63, 3.8) is 0 Å². The maximum absolute atomic E-state index is 11.8. The second kappa shape index (κ2) is 5.56. The lowest BCUT2D eigenvalue weighted by Gasteiger charge is -2.07. The maximum Gasteiger partial charge on any atom is 0.387 e. The topological polar surface area (TPSA) is 21.3 Å². The van der Waals surface area contributed by atoms with Crippen LogP contribution in [0.2, 0.25) is 0 Å². The lowest BCUT2D eigenvalue weighted by atomic mass is 10.3. The van der Waals surface area contributed by atoms with Crippen LogP contribution >= 0.6 is 11.6 Å².